The summed E-state index contributed by atoms with van der Waals surface area (Å²) < 4.78 is 44.6. The molecule has 0 aliphatic rings. The van der Waals surface area contributed by atoms with Crippen LogP contribution in [0.5, 0.6) is 5.88 Å². The first-order valence-electron chi connectivity index (χ1n) is 7.78. The van der Waals surface area contributed by atoms with Gasteiger partial charge in [-0.05, 0) is 35.4 Å². The number of hydrogen-bond donors (Lipinski definition) is 0. The summed E-state index contributed by atoms with van der Waals surface area (Å²) >= 11 is 0. The zero-order chi connectivity index (χ0) is 18.6. The average molecular weight is 353 g/mol. The lowest BCUT2D eigenvalue weighted by Gasteiger charge is -2.11. The molecule has 0 fully saturated rings. The Morgan fingerprint density at radius 2 is 1.73 bits per heavy atom. The Morgan fingerprint density at radius 3 is 2.35 bits per heavy atom. The Bertz CT molecular complexity index is 926. The predicted molar refractivity (Wildman–Crippen MR) is 93.4 cm³/mol. The third-order valence-electron chi connectivity index (χ3n) is 3.73. The molecule has 0 aliphatic carbocycles. The first kappa shape index (κ1) is 17.6. The van der Waals surface area contributed by atoms with Crippen LogP contribution < -0.4 is 4.74 Å². The van der Waals surface area contributed by atoms with E-state index in [9.17, 15) is 13.2 Å². The van der Waals surface area contributed by atoms with Gasteiger partial charge in [-0.1, -0.05) is 36.3 Å². The second-order valence-corrected chi connectivity index (χ2v) is 5.60. The summed E-state index contributed by atoms with van der Waals surface area (Å²) in [5, 5.41) is 0. The van der Waals surface area contributed by atoms with Crippen LogP contribution in [-0.2, 0) is 12.8 Å². The maximum absolute atomic E-state index is 13.0. The summed E-state index contributed by atoms with van der Waals surface area (Å²) in [5.74, 6) is 2.64. The SMILES string of the molecule is C#Cc1cc(-c2ccc(OCc3ccccc3)nc2)cc(C(F)(F)F)c1. The van der Waals surface area contributed by atoms with Crippen molar-refractivity contribution in [3.63, 3.8) is 0 Å². The van der Waals surface area contributed by atoms with Crippen molar-refractivity contribution in [2.24, 2.45) is 0 Å². The monoisotopic (exact) mass is 353 g/mol. The smallest absolute Gasteiger partial charge is 0.416 e. The Hall–Kier alpha value is -3.26. The van der Waals surface area contributed by atoms with Gasteiger partial charge in [0.25, 0.3) is 0 Å². The second-order valence-electron chi connectivity index (χ2n) is 5.60. The molecule has 0 spiro atoms. The lowest BCUT2D eigenvalue weighted by Crippen LogP contribution is -2.05. The van der Waals surface area contributed by atoms with E-state index in [1.54, 1.807) is 12.1 Å². The lowest BCUT2D eigenvalue weighted by molar-refractivity contribution is -0.137. The van der Waals surface area contributed by atoms with Crippen LogP contribution in [0, 0.1) is 12.3 Å². The highest BCUT2D eigenvalue weighted by atomic mass is 19.4. The van der Waals surface area contributed by atoms with Gasteiger partial charge in [0.1, 0.15) is 6.61 Å². The number of ether oxygens (including phenoxy) is 1. The number of pyridine rings is 1. The summed E-state index contributed by atoms with van der Waals surface area (Å²) in [6.45, 7) is 0.359. The van der Waals surface area contributed by atoms with E-state index in [4.69, 9.17) is 11.2 Å². The number of terminal acetylenes is 1. The summed E-state index contributed by atoms with van der Waals surface area (Å²) in [7, 11) is 0. The van der Waals surface area contributed by atoms with Crippen LogP contribution >= 0.6 is 0 Å². The standard InChI is InChI=1S/C21H14F3NO/c1-2-15-10-18(12-19(11-15)21(22,23)24)17-8-9-20(25-13-17)26-14-16-6-4-3-5-7-16/h1,3-13H,14H2. The zero-order valence-electron chi connectivity index (χ0n) is 13.6. The first-order valence-corrected chi connectivity index (χ1v) is 7.78. The molecule has 0 radical (unpaired) electrons. The highest BCUT2D eigenvalue weighted by molar-refractivity contribution is 5.66. The molecule has 0 saturated carbocycles. The number of hydrogen-bond acceptors (Lipinski definition) is 2. The van der Waals surface area contributed by atoms with Crippen molar-refractivity contribution in [1.29, 1.82) is 0 Å². The summed E-state index contributed by atoms with van der Waals surface area (Å²) in [6.07, 6.45) is 2.28. The van der Waals surface area contributed by atoms with Gasteiger partial charge in [0, 0.05) is 23.4 Å². The topological polar surface area (TPSA) is 22.1 Å². The molecule has 0 N–H and O–H groups in total. The third kappa shape index (κ3) is 4.22. The number of rotatable bonds is 4. The van der Waals surface area contributed by atoms with Gasteiger partial charge in [-0.3, -0.25) is 0 Å². The van der Waals surface area contributed by atoms with Crippen molar-refractivity contribution in [3.05, 3.63) is 83.6 Å². The van der Waals surface area contributed by atoms with Gasteiger partial charge in [-0.2, -0.15) is 13.2 Å². The van der Waals surface area contributed by atoms with Crippen molar-refractivity contribution in [2.45, 2.75) is 12.8 Å². The average Bonchev–Trinajstić information content (AvgIpc) is 2.66. The minimum absolute atomic E-state index is 0.166. The van der Waals surface area contributed by atoms with Crippen LogP contribution in [0.25, 0.3) is 11.1 Å². The van der Waals surface area contributed by atoms with Gasteiger partial charge in [0.05, 0.1) is 5.56 Å². The first-order chi connectivity index (χ1) is 12.5. The molecule has 0 amide bonds. The van der Waals surface area contributed by atoms with E-state index in [-0.39, 0.29) is 5.56 Å². The van der Waals surface area contributed by atoms with Gasteiger partial charge in [-0.25, -0.2) is 4.98 Å². The van der Waals surface area contributed by atoms with E-state index >= 15 is 0 Å². The van der Waals surface area contributed by atoms with Crippen LogP contribution in [0.3, 0.4) is 0 Å². The van der Waals surface area contributed by atoms with E-state index in [1.807, 2.05) is 30.3 Å². The number of benzene rings is 2. The third-order valence-corrected chi connectivity index (χ3v) is 3.73. The molecular formula is C21H14F3NO. The molecule has 1 aromatic heterocycles. The molecule has 2 aromatic carbocycles. The molecule has 0 atom stereocenters. The van der Waals surface area contributed by atoms with Gasteiger partial charge in [0.2, 0.25) is 5.88 Å². The normalized spacial score (nSPS) is 11.0. The molecule has 0 saturated heterocycles. The molecule has 5 heteroatoms. The van der Waals surface area contributed by atoms with Crippen LogP contribution in [0.4, 0.5) is 13.2 Å². The summed E-state index contributed by atoms with van der Waals surface area (Å²) in [5.41, 5.74) is 1.26. The van der Waals surface area contributed by atoms with E-state index in [1.165, 1.54) is 12.3 Å². The lowest BCUT2D eigenvalue weighted by atomic mass is 10.0. The van der Waals surface area contributed by atoms with Crippen molar-refractivity contribution in [1.82, 2.24) is 4.98 Å². The fourth-order valence-electron chi connectivity index (χ4n) is 2.41. The molecule has 2 nitrogen and oxygen atoms in total. The molecule has 130 valence electrons. The van der Waals surface area contributed by atoms with Gasteiger partial charge >= 0.3 is 6.18 Å². The Morgan fingerprint density at radius 1 is 0.962 bits per heavy atom. The predicted octanol–water partition coefficient (Wildman–Crippen LogP) is 5.33. The minimum atomic E-state index is -4.46. The van der Waals surface area contributed by atoms with Crippen LogP contribution in [0.15, 0.2) is 66.9 Å². The van der Waals surface area contributed by atoms with E-state index in [2.05, 4.69) is 10.9 Å². The van der Waals surface area contributed by atoms with Crippen LogP contribution in [0.2, 0.25) is 0 Å². The van der Waals surface area contributed by atoms with Crippen LogP contribution in [-0.4, -0.2) is 4.98 Å². The minimum Gasteiger partial charge on any atom is -0.473 e. The van der Waals surface area contributed by atoms with Gasteiger partial charge in [0.15, 0.2) is 0 Å². The van der Waals surface area contributed by atoms with E-state index in [0.29, 0.717) is 23.6 Å². The molecule has 3 aromatic rings. The Kier molecular flexibility index (Phi) is 4.94. The number of alkyl halides is 3. The Labute approximate surface area is 149 Å². The highest BCUT2D eigenvalue weighted by Gasteiger charge is 2.31. The summed E-state index contributed by atoms with van der Waals surface area (Å²) in [6, 6.07) is 16.4. The summed E-state index contributed by atoms with van der Waals surface area (Å²) in [4.78, 5) is 4.16. The second kappa shape index (κ2) is 7.32. The van der Waals surface area contributed by atoms with E-state index in [0.717, 1.165) is 17.7 Å². The molecule has 3 rings (SSSR count). The zero-order valence-corrected chi connectivity index (χ0v) is 13.6. The van der Waals surface area contributed by atoms with Crippen molar-refractivity contribution in [3.8, 4) is 29.4 Å². The van der Waals surface area contributed by atoms with Crippen molar-refractivity contribution >= 4 is 0 Å². The number of halogens is 3. The van der Waals surface area contributed by atoms with Crippen molar-refractivity contribution < 1.29 is 17.9 Å². The van der Waals surface area contributed by atoms with Gasteiger partial charge < -0.3 is 4.74 Å². The highest BCUT2D eigenvalue weighted by Crippen LogP contribution is 2.33. The molecule has 0 bridgehead atoms. The number of aromatic nitrogens is 1. The maximum Gasteiger partial charge on any atom is 0.416 e. The largest absolute Gasteiger partial charge is 0.473 e. The van der Waals surface area contributed by atoms with Crippen molar-refractivity contribution in [2.75, 3.05) is 0 Å². The molecule has 0 aliphatic heterocycles. The number of nitrogens with zero attached hydrogens (tertiary/aromatic N) is 1. The molecular weight excluding hydrogens is 339 g/mol. The fraction of sp³-hybridized carbons (Fsp3) is 0.0952. The van der Waals surface area contributed by atoms with Crippen LogP contribution in [0.1, 0.15) is 16.7 Å². The van der Waals surface area contributed by atoms with E-state index < -0.39 is 11.7 Å². The van der Waals surface area contributed by atoms with Gasteiger partial charge in [-0.15, -0.1) is 6.42 Å². The quantitative estimate of drug-likeness (QED) is 0.592. The Balaban J connectivity index is 1.81. The molecule has 26 heavy (non-hydrogen) atoms. The maximum atomic E-state index is 13.0. The fourth-order valence-corrected chi connectivity index (χ4v) is 2.41. The molecule has 0 unspecified atom stereocenters. The molecule has 1 heterocycles.